The fraction of sp³-hybridized carbons (Fsp3) is 0.467. The van der Waals surface area contributed by atoms with E-state index in [0.29, 0.717) is 17.9 Å². The Labute approximate surface area is 233 Å². The van der Waals surface area contributed by atoms with Gasteiger partial charge in [0.1, 0.15) is 11.8 Å². The second-order valence-electron chi connectivity index (χ2n) is 11.0. The average Bonchev–Trinajstić information content (AvgIpc) is 3.64. The molecule has 4 aromatic rings. The van der Waals surface area contributed by atoms with Crippen LogP contribution in [-0.2, 0) is 17.8 Å². The number of tetrazole rings is 1. The average molecular weight is 544 g/mol. The minimum absolute atomic E-state index is 0.0877. The van der Waals surface area contributed by atoms with Crippen LogP contribution in [0.2, 0.25) is 0 Å². The summed E-state index contributed by atoms with van der Waals surface area (Å²) in [5.74, 6) is 1.55. The summed E-state index contributed by atoms with van der Waals surface area (Å²) < 4.78 is 13.0. The molecule has 2 fully saturated rings. The number of piperazine rings is 1. The topological polar surface area (TPSA) is 101 Å². The number of benzene rings is 2. The zero-order valence-electron chi connectivity index (χ0n) is 23.5. The third kappa shape index (κ3) is 5.52. The molecule has 2 saturated heterocycles. The van der Waals surface area contributed by atoms with E-state index >= 15 is 0 Å². The highest BCUT2D eigenvalue weighted by molar-refractivity contribution is 5.81. The smallest absolute Gasteiger partial charge is 0.253 e. The van der Waals surface area contributed by atoms with Crippen molar-refractivity contribution in [1.29, 1.82) is 0 Å². The van der Waals surface area contributed by atoms with Crippen LogP contribution in [0.25, 0.3) is 10.9 Å². The van der Waals surface area contributed by atoms with Gasteiger partial charge in [0, 0.05) is 50.4 Å². The Morgan fingerprint density at radius 2 is 1.85 bits per heavy atom. The number of methoxy groups -OCH3 is 1. The van der Waals surface area contributed by atoms with Crippen LogP contribution in [-0.4, -0.2) is 81.0 Å². The summed E-state index contributed by atoms with van der Waals surface area (Å²) in [4.78, 5) is 21.6. The van der Waals surface area contributed by atoms with Gasteiger partial charge in [-0.05, 0) is 89.5 Å². The van der Waals surface area contributed by atoms with Crippen LogP contribution in [0.4, 0.5) is 0 Å². The van der Waals surface area contributed by atoms with E-state index in [1.165, 1.54) is 11.1 Å². The molecule has 0 spiro atoms. The molecular weight excluding hydrogens is 506 g/mol. The summed E-state index contributed by atoms with van der Waals surface area (Å²) in [7, 11) is 1.69. The normalized spacial score (nSPS) is 19.3. The number of aromatic amines is 1. The van der Waals surface area contributed by atoms with Crippen molar-refractivity contribution < 1.29 is 9.47 Å². The Kier molecular flexibility index (Phi) is 7.64. The number of hydrogen-bond acceptors (Lipinski definition) is 8. The molecule has 2 unspecified atom stereocenters. The third-order valence-corrected chi connectivity index (χ3v) is 8.32. The monoisotopic (exact) mass is 543 g/mol. The highest BCUT2D eigenvalue weighted by Gasteiger charge is 2.33. The summed E-state index contributed by atoms with van der Waals surface area (Å²) in [6, 6.07) is 14.1. The Morgan fingerprint density at radius 1 is 1.07 bits per heavy atom. The van der Waals surface area contributed by atoms with Crippen LogP contribution in [0.1, 0.15) is 47.0 Å². The van der Waals surface area contributed by atoms with E-state index in [-0.39, 0.29) is 17.7 Å². The first-order chi connectivity index (χ1) is 19.5. The van der Waals surface area contributed by atoms with E-state index in [4.69, 9.17) is 9.47 Å². The maximum atomic E-state index is 13.6. The van der Waals surface area contributed by atoms with E-state index in [1.54, 1.807) is 7.11 Å². The lowest BCUT2D eigenvalue weighted by Crippen LogP contribution is -2.48. The van der Waals surface area contributed by atoms with Gasteiger partial charge in [0.15, 0.2) is 5.82 Å². The van der Waals surface area contributed by atoms with E-state index in [9.17, 15) is 4.79 Å². The molecule has 0 radical (unpaired) electrons. The summed E-state index contributed by atoms with van der Waals surface area (Å²) >= 11 is 0. The van der Waals surface area contributed by atoms with Crippen molar-refractivity contribution in [1.82, 2.24) is 35.0 Å². The van der Waals surface area contributed by atoms with Gasteiger partial charge in [-0.25, -0.2) is 4.68 Å². The molecule has 4 heterocycles. The lowest BCUT2D eigenvalue weighted by molar-refractivity contribution is 0.0840. The third-order valence-electron chi connectivity index (χ3n) is 8.32. The summed E-state index contributed by atoms with van der Waals surface area (Å²) in [6.45, 7) is 9.71. The van der Waals surface area contributed by atoms with Crippen molar-refractivity contribution in [3.63, 3.8) is 0 Å². The Hall–Kier alpha value is -3.60. The molecule has 10 heteroatoms. The van der Waals surface area contributed by atoms with Crippen molar-refractivity contribution in [3.8, 4) is 5.75 Å². The molecule has 0 saturated carbocycles. The van der Waals surface area contributed by atoms with Crippen molar-refractivity contribution >= 4 is 10.9 Å². The van der Waals surface area contributed by atoms with E-state index in [1.807, 2.05) is 28.9 Å². The predicted molar refractivity (Wildman–Crippen MR) is 153 cm³/mol. The molecule has 40 heavy (non-hydrogen) atoms. The summed E-state index contributed by atoms with van der Waals surface area (Å²) in [5.41, 5.74) is 5.01. The lowest BCUT2D eigenvalue weighted by Gasteiger charge is -2.38. The van der Waals surface area contributed by atoms with Gasteiger partial charge in [-0.15, -0.1) is 5.10 Å². The van der Waals surface area contributed by atoms with Crippen molar-refractivity contribution in [2.75, 3.05) is 39.9 Å². The molecule has 2 aromatic carbocycles. The molecule has 6 rings (SSSR count). The molecule has 0 aliphatic carbocycles. The van der Waals surface area contributed by atoms with Crippen LogP contribution in [0.3, 0.4) is 0 Å². The van der Waals surface area contributed by atoms with Gasteiger partial charge in [-0.1, -0.05) is 12.1 Å². The van der Waals surface area contributed by atoms with Gasteiger partial charge < -0.3 is 14.5 Å². The zero-order valence-corrected chi connectivity index (χ0v) is 23.5. The minimum Gasteiger partial charge on any atom is -0.497 e. The van der Waals surface area contributed by atoms with Crippen molar-refractivity contribution in [2.45, 2.75) is 51.9 Å². The van der Waals surface area contributed by atoms with Gasteiger partial charge in [-0.3, -0.25) is 14.6 Å². The number of pyridine rings is 1. The lowest BCUT2D eigenvalue weighted by atomic mass is 10.00. The zero-order chi connectivity index (χ0) is 27.6. The molecule has 210 valence electrons. The number of aromatic nitrogens is 5. The first kappa shape index (κ1) is 26.6. The molecule has 10 nitrogen and oxygen atoms in total. The molecule has 2 aliphatic rings. The number of fused-ring (bicyclic) bond motifs is 1. The standard InChI is InChI=1S/C30H37N7O3/c1-20-15-23-17-26(30(38)31-27(23)16-21(20)2)28(29-32-33-34-37(29)19-25-5-4-14-40-25)36-12-10-35(11-13-36)18-22-6-8-24(39-3)9-7-22/h6-9,15-17,25,28H,4-5,10-14,18-19H2,1-3H3,(H,31,38). The number of H-pyrrole nitrogens is 1. The van der Waals surface area contributed by atoms with Crippen LogP contribution in [0.15, 0.2) is 47.3 Å². The number of ether oxygens (including phenoxy) is 2. The van der Waals surface area contributed by atoms with Gasteiger partial charge in [-0.2, -0.15) is 0 Å². The van der Waals surface area contributed by atoms with Crippen molar-refractivity contribution in [2.24, 2.45) is 0 Å². The van der Waals surface area contributed by atoms with Crippen LogP contribution < -0.4 is 10.3 Å². The maximum Gasteiger partial charge on any atom is 0.253 e. The number of aryl methyl sites for hydroxylation is 2. The predicted octanol–water partition coefficient (Wildman–Crippen LogP) is 3.23. The molecule has 2 atom stereocenters. The Morgan fingerprint density at radius 3 is 2.58 bits per heavy atom. The fourth-order valence-electron chi connectivity index (χ4n) is 5.88. The molecule has 0 amide bonds. The van der Waals surface area contributed by atoms with Gasteiger partial charge in [0.05, 0.1) is 19.8 Å². The van der Waals surface area contributed by atoms with E-state index < -0.39 is 0 Å². The van der Waals surface area contributed by atoms with Gasteiger partial charge in [0.2, 0.25) is 0 Å². The summed E-state index contributed by atoms with van der Waals surface area (Å²) in [6.07, 6.45) is 2.12. The van der Waals surface area contributed by atoms with Gasteiger partial charge in [0.25, 0.3) is 5.56 Å². The fourth-order valence-corrected chi connectivity index (χ4v) is 5.88. The summed E-state index contributed by atoms with van der Waals surface area (Å²) in [5, 5.41) is 13.9. The van der Waals surface area contributed by atoms with Crippen LogP contribution >= 0.6 is 0 Å². The molecular formula is C30H37N7O3. The molecule has 2 aliphatic heterocycles. The quantitative estimate of drug-likeness (QED) is 0.362. The van der Waals surface area contributed by atoms with Crippen LogP contribution in [0, 0.1) is 13.8 Å². The minimum atomic E-state index is -0.366. The second-order valence-corrected chi connectivity index (χ2v) is 11.0. The van der Waals surface area contributed by atoms with E-state index in [2.05, 4.69) is 62.4 Å². The Balaban J connectivity index is 1.30. The number of nitrogens with one attached hydrogen (secondary N) is 1. The SMILES string of the molecule is COc1ccc(CN2CCN(C(c3cc4cc(C)c(C)cc4[nH]c3=O)c3nnnn3CC3CCCO3)CC2)cc1. The van der Waals surface area contributed by atoms with Gasteiger partial charge >= 0.3 is 0 Å². The number of rotatable bonds is 8. The molecule has 2 aromatic heterocycles. The largest absolute Gasteiger partial charge is 0.497 e. The highest BCUT2D eigenvalue weighted by Crippen LogP contribution is 2.29. The highest BCUT2D eigenvalue weighted by atomic mass is 16.5. The Bertz CT molecular complexity index is 1520. The number of hydrogen-bond donors (Lipinski definition) is 1. The number of nitrogens with zero attached hydrogens (tertiary/aromatic N) is 6. The van der Waals surface area contributed by atoms with Crippen LogP contribution in [0.5, 0.6) is 5.75 Å². The van der Waals surface area contributed by atoms with E-state index in [0.717, 1.165) is 74.4 Å². The first-order valence-electron chi connectivity index (χ1n) is 14.1. The first-order valence-corrected chi connectivity index (χ1v) is 14.1. The second kappa shape index (κ2) is 11.5. The van der Waals surface area contributed by atoms with Crippen molar-refractivity contribution in [3.05, 3.63) is 80.9 Å². The molecule has 1 N–H and O–H groups in total. The maximum absolute atomic E-state index is 13.6. The molecule has 0 bridgehead atoms.